The largest absolute Gasteiger partial charge is 0.373 e. The molecular weight excluding hydrogens is 210 g/mol. The van der Waals surface area contributed by atoms with Crippen LogP contribution in [-0.2, 0) is 6.54 Å². The van der Waals surface area contributed by atoms with Crippen LogP contribution >= 0.6 is 0 Å². The molecule has 0 radical (unpaired) electrons. The Morgan fingerprint density at radius 2 is 2.41 bits per heavy atom. The maximum Gasteiger partial charge on any atom is 0.130 e. The van der Waals surface area contributed by atoms with Crippen LogP contribution < -0.4 is 5.32 Å². The van der Waals surface area contributed by atoms with Gasteiger partial charge in [-0.05, 0) is 31.4 Å². The van der Waals surface area contributed by atoms with Gasteiger partial charge in [0.2, 0.25) is 0 Å². The molecule has 1 saturated heterocycles. The Hall–Kier alpha value is -1.09. The molecule has 1 aliphatic rings. The van der Waals surface area contributed by atoms with E-state index < -0.39 is 0 Å². The van der Waals surface area contributed by atoms with E-state index in [1.807, 2.05) is 19.3 Å². The molecule has 2 heterocycles. The molecule has 3 nitrogen and oxygen atoms in total. The number of aromatic nitrogens is 1. The first-order chi connectivity index (χ1) is 8.33. The Balaban J connectivity index is 2.00. The van der Waals surface area contributed by atoms with Crippen molar-refractivity contribution < 1.29 is 0 Å². The molecule has 1 aromatic rings. The smallest absolute Gasteiger partial charge is 0.130 e. The third-order valence-corrected chi connectivity index (χ3v) is 3.70. The zero-order valence-corrected chi connectivity index (χ0v) is 10.9. The number of nitrogens with one attached hydrogen (secondary N) is 1. The second-order valence-corrected chi connectivity index (χ2v) is 4.91. The number of nitrogens with zero attached hydrogens (tertiary/aromatic N) is 2. The van der Waals surface area contributed by atoms with Crippen LogP contribution in [0.15, 0.2) is 18.3 Å². The molecule has 17 heavy (non-hydrogen) atoms. The lowest BCUT2D eigenvalue weighted by Gasteiger charge is -2.32. The zero-order chi connectivity index (χ0) is 12.1. The second kappa shape index (κ2) is 6.01. The van der Waals surface area contributed by atoms with Gasteiger partial charge in [0.25, 0.3) is 0 Å². The van der Waals surface area contributed by atoms with Crippen molar-refractivity contribution in [2.45, 2.75) is 32.7 Å². The fourth-order valence-electron chi connectivity index (χ4n) is 2.66. The molecule has 1 aliphatic heterocycles. The minimum absolute atomic E-state index is 0.887. The van der Waals surface area contributed by atoms with Gasteiger partial charge in [-0.25, -0.2) is 4.98 Å². The summed E-state index contributed by atoms with van der Waals surface area (Å²) in [7, 11) is 1.94. The maximum atomic E-state index is 4.36. The van der Waals surface area contributed by atoms with Gasteiger partial charge in [0.1, 0.15) is 5.82 Å². The Labute approximate surface area is 104 Å². The summed E-state index contributed by atoms with van der Waals surface area (Å²) in [6, 6.07) is 4.20. The van der Waals surface area contributed by atoms with Gasteiger partial charge in [0.15, 0.2) is 0 Å². The first-order valence-corrected chi connectivity index (χ1v) is 6.67. The lowest BCUT2D eigenvalue weighted by atomic mass is 9.95. The van der Waals surface area contributed by atoms with Crippen LogP contribution in [-0.4, -0.2) is 30.0 Å². The minimum atomic E-state index is 0.887. The second-order valence-electron chi connectivity index (χ2n) is 4.91. The van der Waals surface area contributed by atoms with Gasteiger partial charge in [-0.1, -0.05) is 19.4 Å². The number of anilines is 1. The van der Waals surface area contributed by atoms with Crippen molar-refractivity contribution in [3.63, 3.8) is 0 Å². The van der Waals surface area contributed by atoms with E-state index in [4.69, 9.17) is 0 Å². The lowest BCUT2D eigenvalue weighted by Crippen LogP contribution is -2.34. The molecule has 1 unspecified atom stereocenters. The normalized spacial score (nSPS) is 21.4. The number of hydrogen-bond donors (Lipinski definition) is 1. The fraction of sp³-hybridized carbons (Fsp3) is 0.643. The summed E-state index contributed by atoms with van der Waals surface area (Å²) in [6.07, 6.45) is 5.90. The van der Waals surface area contributed by atoms with Crippen molar-refractivity contribution in [3.8, 4) is 0 Å². The molecule has 1 aromatic heterocycles. The number of pyridine rings is 1. The van der Waals surface area contributed by atoms with Crippen LogP contribution in [0.1, 0.15) is 31.7 Å². The number of likely N-dealkylation sites (tertiary alicyclic amines) is 1. The molecule has 0 saturated carbocycles. The van der Waals surface area contributed by atoms with Crippen LogP contribution in [0.2, 0.25) is 0 Å². The topological polar surface area (TPSA) is 28.2 Å². The standard InChI is InChI=1S/C14H23N3/c1-3-12-6-5-9-17(10-12)11-13-7-4-8-16-14(13)15-2/h4,7-8,12H,3,5-6,9-11H2,1-2H3,(H,15,16). The molecule has 0 bridgehead atoms. The Morgan fingerprint density at radius 1 is 1.53 bits per heavy atom. The molecule has 0 aliphatic carbocycles. The summed E-state index contributed by atoms with van der Waals surface area (Å²) in [5.74, 6) is 1.91. The Morgan fingerprint density at radius 3 is 3.18 bits per heavy atom. The minimum Gasteiger partial charge on any atom is -0.373 e. The molecule has 0 spiro atoms. The third-order valence-electron chi connectivity index (χ3n) is 3.70. The quantitative estimate of drug-likeness (QED) is 0.866. The summed E-state index contributed by atoms with van der Waals surface area (Å²) >= 11 is 0. The molecular formula is C14H23N3. The van der Waals surface area contributed by atoms with Crippen molar-refractivity contribution in [2.24, 2.45) is 5.92 Å². The van der Waals surface area contributed by atoms with Gasteiger partial charge in [-0.2, -0.15) is 0 Å². The number of rotatable bonds is 4. The first-order valence-electron chi connectivity index (χ1n) is 6.67. The average molecular weight is 233 g/mol. The third kappa shape index (κ3) is 3.19. The van der Waals surface area contributed by atoms with E-state index >= 15 is 0 Å². The van der Waals surface area contributed by atoms with E-state index in [-0.39, 0.29) is 0 Å². The monoisotopic (exact) mass is 233 g/mol. The summed E-state index contributed by atoms with van der Waals surface area (Å²) in [5.41, 5.74) is 1.31. The van der Waals surface area contributed by atoms with Crippen molar-refractivity contribution in [2.75, 3.05) is 25.5 Å². The van der Waals surface area contributed by atoms with Crippen molar-refractivity contribution in [1.29, 1.82) is 0 Å². The highest BCUT2D eigenvalue weighted by Gasteiger charge is 2.19. The number of piperidine rings is 1. The van der Waals surface area contributed by atoms with Gasteiger partial charge >= 0.3 is 0 Å². The molecule has 94 valence electrons. The van der Waals surface area contributed by atoms with Crippen LogP contribution in [0.5, 0.6) is 0 Å². The molecule has 0 amide bonds. The molecule has 0 aromatic carbocycles. The average Bonchev–Trinajstić information content (AvgIpc) is 2.39. The van der Waals surface area contributed by atoms with Crippen molar-refractivity contribution >= 4 is 5.82 Å². The van der Waals surface area contributed by atoms with E-state index in [0.29, 0.717) is 0 Å². The van der Waals surface area contributed by atoms with E-state index in [1.54, 1.807) is 0 Å². The highest BCUT2D eigenvalue weighted by Crippen LogP contribution is 2.22. The Kier molecular flexibility index (Phi) is 4.37. The molecule has 3 heteroatoms. The van der Waals surface area contributed by atoms with E-state index in [2.05, 4.69) is 28.2 Å². The van der Waals surface area contributed by atoms with Gasteiger partial charge in [-0.3, -0.25) is 4.90 Å². The highest BCUT2D eigenvalue weighted by molar-refractivity contribution is 5.42. The summed E-state index contributed by atoms with van der Waals surface area (Å²) in [5, 5.41) is 3.17. The van der Waals surface area contributed by atoms with Crippen LogP contribution in [0.3, 0.4) is 0 Å². The lowest BCUT2D eigenvalue weighted by molar-refractivity contribution is 0.165. The summed E-state index contributed by atoms with van der Waals surface area (Å²) in [4.78, 5) is 6.93. The Bertz CT molecular complexity index is 351. The summed E-state index contributed by atoms with van der Waals surface area (Å²) in [6.45, 7) is 5.81. The van der Waals surface area contributed by atoms with Gasteiger partial charge in [-0.15, -0.1) is 0 Å². The van der Waals surface area contributed by atoms with Crippen LogP contribution in [0, 0.1) is 5.92 Å². The highest BCUT2D eigenvalue weighted by atomic mass is 15.1. The van der Waals surface area contributed by atoms with Gasteiger partial charge in [0.05, 0.1) is 0 Å². The number of hydrogen-bond acceptors (Lipinski definition) is 3. The molecule has 1 atom stereocenters. The zero-order valence-electron chi connectivity index (χ0n) is 10.9. The summed E-state index contributed by atoms with van der Waals surface area (Å²) < 4.78 is 0. The maximum absolute atomic E-state index is 4.36. The van der Waals surface area contributed by atoms with Gasteiger partial charge in [0, 0.05) is 31.9 Å². The molecule has 1 N–H and O–H groups in total. The fourth-order valence-corrected chi connectivity index (χ4v) is 2.66. The van der Waals surface area contributed by atoms with E-state index in [1.165, 1.54) is 37.9 Å². The predicted octanol–water partition coefficient (Wildman–Crippen LogP) is 2.75. The van der Waals surface area contributed by atoms with Crippen molar-refractivity contribution in [3.05, 3.63) is 23.9 Å². The van der Waals surface area contributed by atoms with Crippen LogP contribution in [0.4, 0.5) is 5.82 Å². The van der Waals surface area contributed by atoms with E-state index in [0.717, 1.165) is 18.3 Å². The van der Waals surface area contributed by atoms with Crippen LogP contribution in [0.25, 0.3) is 0 Å². The molecule has 1 fully saturated rings. The SMILES string of the molecule is CCC1CCCN(Cc2cccnc2NC)C1. The predicted molar refractivity (Wildman–Crippen MR) is 72.1 cm³/mol. The first kappa shape index (κ1) is 12.4. The molecule has 2 rings (SSSR count). The van der Waals surface area contributed by atoms with Gasteiger partial charge < -0.3 is 5.32 Å². The van der Waals surface area contributed by atoms with Crippen molar-refractivity contribution in [1.82, 2.24) is 9.88 Å². The van der Waals surface area contributed by atoms with E-state index in [9.17, 15) is 0 Å².